The highest BCUT2D eigenvalue weighted by Gasteiger charge is 2.54. The van der Waals surface area contributed by atoms with E-state index in [0.29, 0.717) is 22.1 Å². The number of nitrogen functional groups attached to an aromatic ring is 1. The number of hydrogen-bond acceptors (Lipinski definition) is 11. The minimum absolute atomic E-state index is 0.160. The molecule has 3 aromatic heterocycles. The normalized spacial score (nSPS) is 34.0. The summed E-state index contributed by atoms with van der Waals surface area (Å²) in [7, 11) is -3.95. The molecule has 2 fully saturated rings. The third-order valence-electron chi connectivity index (χ3n) is 5.95. The number of nitrogens with zero attached hydrogens (tertiary/aromatic N) is 4. The molecule has 12 nitrogen and oxygen atoms in total. The smallest absolute Gasteiger partial charge is 0.387 e. The molecule has 2 aliphatic rings. The topological polar surface area (TPSA) is 164 Å². The monoisotopic (exact) mass is 555 g/mol. The van der Waals surface area contributed by atoms with Crippen LogP contribution in [0.3, 0.4) is 0 Å². The Morgan fingerprint density at radius 2 is 2.21 bits per heavy atom. The van der Waals surface area contributed by atoms with Gasteiger partial charge < -0.3 is 25.3 Å². The minimum Gasteiger partial charge on any atom is -0.387 e. The van der Waals surface area contributed by atoms with Crippen LogP contribution in [-0.4, -0.2) is 60.8 Å². The largest absolute Gasteiger partial charge is 0.475 e. The molecule has 14 heteroatoms. The van der Waals surface area contributed by atoms with Gasteiger partial charge >= 0.3 is 7.82 Å². The average molecular weight is 556 g/mol. The highest BCUT2D eigenvalue weighted by Crippen LogP contribution is 2.57. The van der Waals surface area contributed by atoms with Crippen LogP contribution in [0.2, 0.25) is 0 Å². The van der Waals surface area contributed by atoms with Crippen LogP contribution >= 0.6 is 23.8 Å². The van der Waals surface area contributed by atoms with Gasteiger partial charge in [-0.15, -0.1) is 0 Å². The Labute approximate surface area is 202 Å². The molecule has 0 aliphatic carbocycles. The van der Waals surface area contributed by atoms with Crippen molar-refractivity contribution in [3.63, 3.8) is 0 Å². The summed E-state index contributed by atoms with van der Waals surface area (Å²) in [6.07, 6.45) is 1.11. The van der Waals surface area contributed by atoms with Crippen LogP contribution in [0.25, 0.3) is 11.0 Å². The van der Waals surface area contributed by atoms with Crippen molar-refractivity contribution >= 4 is 40.6 Å². The summed E-state index contributed by atoms with van der Waals surface area (Å²) in [5, 5.41) is 22.4. The van der Waals surface area contributed by atoms with Gasteiger partial charge in [0, 0.05) is 18.8 Å². The molecule has 0 saturated carbocycles. The van der Waals surface area contributed by atoms with Gasteiger partial charge in [0.05, 0.1) is 24.7 Å². The predicted molar refractivity (Wildman–Crippen MR) is 122 cm³/mol. The number of ether oxygens (including phenoxy) is 1. The molecule has 0 amide bonds. The Bertz CT molecular complexity index is 1260. The number of nitrogens with two attached hydrogens (primary N) is 1. The van der Waals surface area contributed by atoms with E-state index >= 15 is 0 Å². The maximum Gasteiger partial charge on any atom is 0.475 e. The van der Waals surface area contributed by atoms with Crippen LogP contribution < -0.4 is 5.73 Å². The fourth-order valence-electron chi connectivity index (χ4n) is 4.15. The molecule has 0 unspecified atom stereocenters. The molecule has 2 aliphatic heterocycles. The van der Waals surface area contributed by atoms with E-state index in [2.05, 4.69) is 30.9 Å². The molecule has 0 radical (unpaired) electrons. The molecule has 0 aromatic carbocycles. The number of pyridine rings is 1. The summed E-state index contributed by atoms with van der Waals surface area (Å²) in [6, 6.07) is 5.22. The summed E-state index contributed by atoms with van der Waals surface area (Å²) in [4.78, 5) is 12.2. The molecule has 0 bridgehead atoms. The van der Waals surface area contributed by atoms with Crippen LogP contribution in [0.1, 0.15) is 31.2 Å². The number of aliphatic hydroxyl groups excluding tert-OH is 1. The number of phosphoric ester groups is 1. The molecule has 4 N–H and O–H groups in total. The lowest BCUT2D eigenvalue weighted by atomic mass is 9.96. The second-order valence-electron chi connectivity index (χ2n) is 8.29. The van der Waals surface area contributed by atoms with Gasteiger partial charge in [0.2, 0.25) is 0 Å². The second-order valence-corrected chi connectivity index (χ2v) is 10.7. The molecule has 2 saturated heterocycles. The van der Waals surface area contributed by atoms with E-state index in [9.17, 15) is 14.8 Å². The summed E-state index contributed by atoms with van der Waals surface area (Å²) in [5.74, 6) is 0.280. The number of aliphatic hydroxyl groups is 2. The molecule has 5 rings (SSSR count). The molecule has 34 heavy (non-hydrogen) atoms. The third-order valence-corrected chi connectivity index (χ3v) is 7.86. The first-order chi connectivity index (χ1) is 16.2. The van der Waals surface area contributed by atoms with Gasteiger partial charge in [-0.25, -0.2) is 19.5 Å². The van der Waals surface area contributed by atoms with Crippen molar-refractivity contribution in [2.24, 2.45) is 0 Å². The van der Waals surface area contributed by atoms with Gasteiger partial charge in [-0.1, -0.05) is 0 Å². The molecule has 6 atom stereocenters. The van der Waals surface area contributed by atoms with Crippen molar-refractivity contribution < 1.29 is 33.1 Å². The van der Waals surface area contributed by atoms with Gasteiger partial charge in [0.1, 0.15) is 40.2 Å². The molecule has 182 valence electrons. The maximum absolute atomic E-state index is 13.1. The number of fused-ring (bicyclic) bond motifs is 1. The number of rotatable bonds is 5. The summed E-state index contributed by atoms with van der Waals surface area (Å²) >= 11 is 3.31. The maximum atomic E-state index is 13.1. The first-order valence-corrected chi connectivity index (χ1v) is 12.8. The lowest BCUT2D eigenvalue weighted by molar-refractivity contribution is -0.0950. The Hall–Kier alpha value is -1.96. The van der Waals surface area contributed by atoms with Gasteiger partial charge in [0.25, 0.3) is 0 Å². The van der Waals surface area contributed by atoms with Crippen LogP contribution in [-0.2, 0) is 22.9 Å². The zero-order valence-electron chi connectivity index (χ0n) is 18.0. The molecular formula is C20H23BrN5O7P. The van der Waals surface area contributed by atoms with Crippen molar-refractivity contribution in [3.05, 3.63) is 47.1 Å². The second kappa shape index (κ2) is 8.92. The number of aromatic nitrogens is 4. The van der Waals surface area contributed by atoms with Gasteiger partial charge in [-0.05, 0) is 46.6 Å². The van der Waals surface area contributed by atoms with Crippen molar-refractivity contribution in [2.75, 3.05) is 18.9 Å². The minimum atomic E-state index is -3.95. The van der Waals surface area contributed by atoms with Crippen molar-refractivity contribution in [1.29, 1.82) is 0 Å². The van der Waals surface area contributed by atoms with Crippen molar-refractivity contribution in [3.8, 4) is 0 Å². The van der Waals surface area contributed by atoms with E-state index in [1.54, 1.807) is 35.2 Å². The van der Waals surface area contributed by atoms with Gasteiger partial charge in [-0.2, -0.15) is 0 Å². The van der Waals surface area contributed by atoms with E-state index in [1.807, 2.05) is 0 Å². The van der Waals surface area contributed by atoms with Crippen LogP contribution in [0, 0.1) is 0 Å². The number of phosphoric acid groups is 1. The van der Waals surface area contributed by atoms with Gasteiger partial charge in [0.15, 0.2) is 6.23 Å². The van der Waals surface area contributed by atoms with E-state index < -0.39 is 38.0 Å². The molecular weight excluding hydrogens is 533 g/mol. The Balaban J connectivity index is 1.31. The zero-order chi connectivity index (χ0) is 24.1. The highest BCUT2D eigenvalue weighted by molar-refractivity contribution is 9.10. The van der Waals surface area contributed by atoms with E-state index in [-0.39, 0.29) is 19.0 Å². The van der Waals surface area contributed by atoms with Crippen LogP contribution in [0.15, 0.2) is 41.5 Å². The Morgan fingerprint density at radius 1 is 1.38 bits per heavy atom. The zero-order valence-corrected chi connectivity index (χ0v) is 20.5. The number of anilines is 1. The fraction of sp³-hybridized carbons (Fsp3) is 0.450. The van der Waals surface area contributed by atoms with Crippen molar-refractivity contribution in [1.82, 2.24) is 19.5 Å². The predicted octanol–water partition coefficient (Wildman–Crippen LogP) is 2.48. The first kappa shape index (κ1) is 23.8. The summed E-state index contributed by atoms with van der Waals surface area (Å²) < 4.78 is 37.7. The average Bonchev–Trinajstić information content (AvgIpc) is 3.32. The standard InChI is InChI=1S/C20H23BrN5O7P/c1-20(28)16(27)14(32-19(20)26-6-3-12-17(22)24-10-25-18(12)26)9-31-34(29)30-7-4-13(33-34)11-2-5-23-15(21)8-11/h2-3,5-6,8,10,13-14,16,19,27-28H,4,7,9H2,1H3,(H2,22,24,25)/t13-,14-,16-,19-,20-,34-/m1/s1. The van der Waals surface area contributed by atoms with E-state index in [1.165, 1.54) is 13.3 Å². The third kappa shape index (κ3) is 4.27. The van der Waals surface area contributed by atoms with Crippen molar-refractivity contribution in [2.45, 2.75) is 43.5 Å². The molecule has 0 spiro atoms. The van der Waals surface area contributed by atoms with E-state index in [0.717, 1.165) is 5.56 Å². The van der Waals surface area contributed by atoms with Gasteiger partial charge in [-0.3, -0.25) is 13.6 Å². The SMILES string of the molecule is C[C@@]1(O)[C@H](O)[C@@H](CO[P@@]2(=O)OCC[C@H](c3ccnc(Br)c3)O2)O[C@H]1n1ccc2c(N)ncnc21. The fourth-order valence-corrected chi connectivity index (χ4v) is 5.92. The molecule has 3 aromatic rings. The quantitative estimate of drug-likeness (QED) is 0.312. The number of halogens is 1. The Kier molecular flexibility index (Phi) is 6.23. The van der Waals surface area contributed by atoms with Crippen LogP contribution in [0.5, 0.6) is 0 Å². The summed E-state index contributed by atoms with van der Waals surface area (Å²) in [5.41, 5.74) is 5.39. The highest BCUT2D eigenvalue weighted by atomic mass is 79.9. The Morgan fingerprint density at radius 3 is 3.00 bits per heavy atom. The molecule has 5 heterocycles. The van der Waals surface area contributed by atoms with E-state index in [4.69, 9.17) is 24.0 Å². The lowest BCUT2D eigenvalue weighted by Gasteiger charge is -2.30. The first-order valence-electron chi connectivity index (χ1n) is 10.5. The van der Waals surface area contributed by atoms with Crippen LogP contribution in [0.4, 0.5) is 5.82 Å². The summed E-state index contributed by atoms with van der Waals surface area (Å²) in [6.45, 7) is 1.26. The lowest BCUT2D eigenvalue weighted by Crippen LogP contribution is -2.44. The number of hydrogen-bond donors (Lipinski definition) is 3.